The van der Waals surface area contributed by atoms with Gasteiger partial charge >= 0.3 is 0 Å². The first-order valence-corrected chi connectivity index (χ1v) is 6.34. The van der Waals surface area contributed by atoms with Crippen molar-refractivity contribution in [3.8, 4) is 11.6 Å². The van der Waals surface area contributed by atoms with Crippen molar-refractivity contribution in [3.05, 3.63) is 18.3 Å². The van der Waals surface area contributed by atoms with Gasteiger partial charge in [0, 0.05) is 12.2 Å². The molecule has 0 aromatic carbocycles. The fourth-order valence-corrected chi connectivity index (χ4v) is 1.88. The van der Waals surface area contributed by atoms with Crippen molar-refractivity contribution in [1.82, 2.24) is 10.3 Å². The first-order valence-electron chi connectivity index (χ1n) is 6.34. The van der Waals surface area contributed by atoms with Crippen LogP contribution in [0, 0.1) is 0 Å². The molecule has 0 amide bonds. The van der Waals surface area contributed by atoms with Gasteiger partial charge < -0.3 is 14.8 Å². The van der Waals surface area contributed by atoms with Crippen LogP contribution in [0.3, 0.4) is 0 Å². The molecule has 0 radical (unpaired) electrons. The highest BCUT2D eigenvalue weighted by Crippen LogP contribution is 2.24. The summed E-state index contributed by atoms with van der Waals surface area (Å²) >= 11 is 0. The first-order chi connectivity index (χ1) is 8.40. The Morgan fingerprint density at radius 1 is 1.47 bits per heavy atom. The molecule has 0 aliphatic carbocycles. The second kappa shape index (κ2) is 6.45. The quantitative estimate of drug-likeness (QED) is 0.820. The number of pyridine rings is 1. The molecule has 1 fully saturated rings. The third-order valence-corrected chi connectivity index (χ3v) is 2.78. The second-order valence-electron chi connectivity index (χ2n) is 4.26. The van der Waals surface area contributed by atoms with E-state index in [0.717, 1.165) is 18.7 Å². The highest BCUT2D eigenvalue weighted by molar-refractivity contribution is 5.32. The molecule has 1 aliphatic rings. The van der Waals surface area contributed by atoms with Crippen molar-refractivity contribution in [2.45, 2.75) is 32.2 Å². The predicted octanol–water partition coefficient (Wildman–Crippen LogP) is 2.00. The average Bonchev–Trinajstić information content (AvgIpc) is 2.88. The van der Waals surface area contributed by atoms with E-state index < -0.39 is 0 Å². The van der Waals surface area contributed by atoms with Crippen molar-refractivity contribution in [2.24, 2.45) is 0 Å². The topological polar surface area (TPSA) is 43.4 Å². The molecule has 4 heteroatoms. The summed E-state index contributed by atoms with van der Waals surface area (Å²) in [5.41, 5.74) is 0. The van der Waals surface area contributed by atoms with Crippen molar-refractivity contribution in [3.63, 3.8) is 0 Å². The number of ether oxygens (including phenoxy) is 2. The third-order valence-electron chi connectivity index (χ3n) is 2.78. The predicted molar refractivity (Wildman–Crippen MR) is 66.5 cm³/mol. The zero-order chi connectivity index (χ0) is 11.9. The Hall–Kier alpha value is -1.29. The van der Waals surface area contributed by atoms with E-state index in [9.17, 15) is 0 Å². The van der Waals surface area contributed by atoms with Crippen LogP contribution in [0.2, 0.25) is 0 Å². The Labute approximate surface area is 102 Å². The highest BCUT2D eigenvalue weighted by Gasteiger charge is 2.15. The second-order valence-corrected chi connectivity index (χ2v) is 4.26. The molecule has 1 saturated heterocycles. The van der Waals surface area contributed by atoms with Gasteiger partial charge in [0.15, 0.2) is 5.75 Å². The van der Waals surface area contributed by atoms with Gasteiger partial charge in [-0.1, -0.05) is 6.92 Å². The van der Waals surface area contributed by atoms with E-state index in [1.54, 1.807) is 6.20 Å². The lowest BCUT2D eigenvalue weighted by molar-refractivity contribution is 0.239. The summed E-state index contributed by atoms with van der Waals surface area (Å²) in [6.45, 7) is 4.54. The maximum atomic E-state index is 5.72. The van der Waals surface area contributed by atoms with Crippen LogP contribution in [0.4, 0.5) is 0 Å². The van der Waals surface area contributed by atoms with Gasteiger partial charge in [0.1, 0.15) is 6.61 Å². The van der Waals surface area contributed by atoms with Crippen LogP contribution >= 0.6 is 0 Å². The number of rotatable bonds is 6. The van der Waals surface area contributed by atoms with Gasteiger partial charge in [0.05, 0.1) is 6.61 Å². The lowest BCUT2D eigenvalue weighted by Gasteiger charge is -2.14. The van der Waals surface area contributed by atoms with E-state index in [2.05, 4.69) is 17.2 Å². The van der Waals surface area contributed by atoms with E-state index in [0.29, 0.717) is 25.1 Å². The molecule has 1 atom stereocenters. The summed E-state index contributed by atoms with van der Waals surface area (Å²) in [6, 6.07) is 4.22. The Kier molecular flexibility index (Phi) is 4.62. The maximum Gasteiger partial charge on any atom is 0.257 e. The zero-order valence-electron chi connectivity index (χ0n) is 10.3. The summed E-state index contributed by atoms with van der Waals surface area (Å²) in [6.07, 6.45) is 5.13. The normalized spacial score (nSPS) is 19.2. The molecular weight excluding hydrogens is 216 g/mol. The van der Waals surface area contributed by atoms with Crippen LogP contribution in [-0.4, -0.2) is 30.8 Å². The molecule has 0 spiro atoms. The van der Waals surface area contributed by atoms with Crippen molar-refractivity contribution < 1.29 is 9.47 Å². The molecule has 1 unspecified atom stereocenters. The van der Waals surface area contributed by atoms with Crippen LogP contribution < -0.4 is 14.8 Å². The van der Waals surface area contributed by atoms with E-state index in [-0.39, 0.29) is 0 Å². The molecule has 0 saturated carbocycles. The first kappa shape index (κ1) is 12.2. The molecule has 0 bridgehead atoms. The number of nitrogens with zero attached hydrogens (tertiary/aromatic N) is 1. The van der Waals surface area contributed by atoms with Gasteiger partial charge in [0.2, 0.25) is 0 Å². The third kappa shape index (κ3) is 3.60. The Bertz CT molecular complexity index is 338. The standard InChI is InChI=1S/C13H20N2O2/c1-2-9-16-12-6-4-8-15-13(12)17-10-11-5-3-7-14-11/h4,6,8,11,14H,2-3,5,7,9-10H2,1H3. The largest absolute Gasteiger partial charge is 0.488 e. The molecule has 1 aromatic heterocycles. The van der Waals surface area contributed by atoms with E-state index in [1.807, 2.05) is 12.1 Å². The fourth-order valence-electron chi connectivity index (χ4n) is 1.88. The Morgan fingerprint density at radius 2 is 2.41 bits per heavy atom. The van der Waals surface area contributed by atoms with Gasteiger partial charge in [-0.3, -0.25) is 0 Å². The average molecular weight is 236 g/mol. The molecule has 2 rings (SSSR count). The van der Waals surface area contributed by atoms with Crippen LogP contribution in [-0.2, 0) is 0 Å². The lowest BCUT2D eigenvalue weighted by atomic mass is 10.2. The highest BCUT2D eigenvalue weighted by atomic mass is 16.5. The van der Waals surface area contributed by atoms with Crippen LogP contribution in [0.5, 0.6) is 11.6 Å². The SMILES string of the molecule is CCCOc1cccnc1OCC1CCCN1. The monoisotopic (exact) mass is 236 g/mol. The minimum absolute atomic E-state index is 0.455. The van der Waals surface area contributed by atoms with Gasteiger partial charge in [-0.25, -0.2) is 4.98 Å². The summed E-state index contributed by atoms with van der Waals surface area (Å²) in [4.78, 5) is 4.22. The van der Waals surface area contributed by atoms with Gasteiger partial charge in [-0.15, -0.1) is 0 Å². The van der Waals surface area contributed by atoms with Crippen molar-refractivity contribution in [2.75, 3.05) is 19.8 Å². The summed E-state index contributed by atoms with van der Waals surface area (Å²) in [5.74, 6) is 1.35. The molecule has 1 aromatic rings. The minimum atomic E-state index is 0.455. The van der Waals surface area contributed by atoms with Crippen molar-refractivity contribution >= 4 is 0 Å². The number of hydrogen-bond donors (Lipinski definition) is 1. The van der Waals surface area contributed by atoms with E-state index in [1.165, 1.54) is 12.8 Å². The molecule has 4 nitrogen and oxygen atoms in total. The van der Waals surface area contributed by atoms with Crippen LogP contribution in [0.15, 0.2) is 18.3 Å². The molecule has 1 aliphatic heterocycles. The Balaban J connectivity index is 1.89. The van der Waals surface area contributed by atoms with Gasteiger partial charge in [-0.2, -0.15) is 0 Å². The summed E-state index contributed by atoms with van der Waals surface area (Å²) < 4.78 is 11.3. The fraction of sp³-hybridized carbons (Fsp3) is 0.615. The summed E-state index contributed by atoms with van der Waals surface area (Å²) in [5, 5.41) is 3.40. The summed E-state index contributed by atoms with van der Waals surface area (Å²) in [7, 11) is 0. The van der Waals surface area contributed by atoms with Gasteiger partial charge in [0.25, 0.3) is 5.88 Å². The maximum absolute atomic E-state index is 5.72. The number of nitrogens with one attached hydrogen (secondary N) is 1. The van der Waals surface area contributed by atoms with Crippen LogP contribution in [0.1, 0.15) is 26.2 Å². The number of aromatic nitrogens is 1. The van der Waals surface area contributed by atoms with Gasteiger partial charge in [-0.05, 0) is 37.9 Å². The van der Waals surface area contributed by atoms with E-state index in [4.69, 9.17) is 9.47 Å². The minimum Gasteiger partial charge on any atom is -0.488 e. The molecule has 17 heavy (non-hydrogen) atoms. The van der Waals surface area contributed by atoms with E-state index >= 15 is 0 Å². The number of hydrogen-bond acceptors (Lipinski definition) is 4. The molecular formula is C13H20N2O2. The molecule has 1 N–H and O–H groups in total. The smallest absolute Gasteiger partial charge is 0.257 e. The molecule has 2 heterocycles. The Morgan fingerprint density at radius 3 is 3.18 bits per heavy atom. The van der Waals surface area contributed by atoms with Crippen LogP contribution in [0.25, 0.3) is 0 Å². The molecule has 94 valence electrons. The van der Waals surface area contributed by atoms with Crippen molar-refractivity contribution in [1.29, 1.82) is 0 Å². The lowest BCUT2D eigenvalue weighted by Crippen LogP contribution is -2.28. The zero-order valence-corrected chi connectivity index (χ0v) is 10.3.